The molecule has 0 aromatic carbocycles. The second kappa shape index (κ2) is 4.52. The van der Waals surface area contributed by atoms with E-state index in [0.717, 1.165) is 4.68 Å². The highest BCUT2D eigenvalue weighted by Crippen LogP contribution is 2.16. The van der Waals surface area contributed by atoms with Crippen LogP contribution in [-0.4, -0.2) is 23.5 Å². The molecule has 0 N–H and O–H groups in total. The van der Waals surface area contributed by atoms with Gasteiger partial charge in [0.05, 0.1) is 5.69 Å². The number of aromatic nitrogens is 2. The van der Waals surface area contributed by atoms with Gasteiger partial charge < -0.3 is 4.74 Å². The van der Waals surface area contributed by atoms with Gasteiger partial charge in [-0.2, -0.15) is 8.78 Å². The van der Waals surface area contributed by atoms with Crippen molar-refractivity contribution in [2.24, 2.45) is 7.05 Å². The number of ether oxygens (including phenoxy) is 1. The van der Waals surface area contributed by atoms with Crippen molar-refractivity contribution >= 4 is 6.09 Å². The highest BCUT2D eigenvalue weighted by Gasteiger charge is 2.35. The number of carbonyl (C=O) groups is 1. The van der Waals surface area contributed by atoms with Crippen molar-refractivity contribution in [1.82, 2.24) is 4.68 Å². The maximum atomic E-state index is 12.3. The molecule has 0 radical (unpaired) electrons. The quantitative estimate of drug-likeness (QED) is 0.742. The zero-order valence-electron chi connectivity index (χ0n) is 8.61. The summed E-state index contributed by atoms with van der Waals surface area (Å²) >= 11 is 0. The third-order valence-corrected chi connectivity index (χ3v) is 1.83. The molecule has 0 fully saturated rings. The minimum absolute atomic E-state index is 0.497. The van der Waals surface area contributed by atoms with Crippen LogP contribution in [0, 0.1) is 6.92 Å². The minimum Gasteiger partial charge on any atom is -0.436 e. The van der Waals surface area contributed by atoms with E-state index in [4.69, 9.17) is 0 Å². The van der Waals surface area contributed by atoms with E-state index in [-0.39, 0.29) is 0 Å². The van der Waals surface area contributed by atoms with Gasteiger partial charge in [0.1, 0.15) is 0 Å². The number of aryl methyl sites for hydroxylation is 2. The molecule has 8 heteroatoms. The topological polar surface area (TPSA) is 44.3 Å². The largest absolute Gasteiger partial charge is 0.468 e. The summed E-state index contributed by atoms with van der Waals surface area (Å²) in [6.45, 7) is 0.102. The smallest absolute Gasteiger partial charge is 0.436 e. The Morgan fingerprint density at radius 2 is 2.25 bits per heavy atom. The van der Waals surface area contributed by atoms with E-state index in [9.17, 15) is 18.1 Å². The first-order valence-electron chi connectivity index (χ1n) is 4.26. The molecule has 0 spiro atoms. The van der Waals surface area contributed by atoms with Crippen LogP contribution >= 0.6 is 0 Å². The lowest BCUT2D eigenvalue weighted by Gasteiger charge is -2.10. The van der Waals surface area contributed by atoms with Crippen molar-refractivity contribution < 1.29 is 32.5 Å². The van der Waals surface area contributed by atoms with Gasteiger partial charge in [0, 0.05) is 6.07 Å². The standard InChI is InChI=1S/C8H10F3N2O3/c1-6-3-4-12(2)13(6)7(14)15-5-8(9,10)16-11/h3-4H,5H2,1-2H3/q+1. The van der Waals surface area contributed by atoms with Gasteiger partial charge in [0.25, 0.3) is 0 Å². The average Bonchev–Trinajstić information content (AvgIpc) is 2.55. The number of alkyl halides is 2. The maximum absolute atomic E-state index is 12.3. The third-order valence-electron chi connectivity index (χ3n) is 1.83. The van der Waals surface area contributed by atoms with Gasteiger partial charge in [-0.25, -0.2) is 4.79 Å². The summed E-state index contributed by atoms with van der Waals surface area (Å²) in [5.74, 6) is 0. The van der Waals surface area contributed by atoms with Crippen LogP contribution in [0.15, 0.2) is 12.3 Å². The Kier molecular flexibility index (Phi) is 3.53. The van der Waals surface area contributed by atoms with E-state index in [1.165, 1.54) is 11.7 Å². The van der Waals surface area contributed by atoms with Crippen LogP contribution in [0.2, 0.25) is 0 Å². The Labute approximate surface area is 88.9 Å². The molecule has 0 saturated carbocycles. The molecule has 0 amide bonds. The van der Waals surface area contributed by atoms with E-state index in [1.54, 1.807) is 19.2 Å². The Bertz CT molecular complexity index is 372. The maximum Gasteiger partial charge on any atom is 0.468 e. The molecule has 0 bridgehead atoms. The zero-order valence-corrected chi connectivity index (χ0v) is 8.61. The van der Waals surface area contributed by atoms with Crippen molar-refractivity contribution in [2.75, 3.05) is 6.61 Å². The SMILES string of the molecule is Cc1cc[n+](C)n1C(=O)OCC(F)(F)OF. The summed E-state index contributed by atoms with van der Waals surface area (Å²) in [7, 11) is 1.53. The molecule has 0 unspecified atom stereocenters. The molecule has 90 valence electrons. The summed E-state index contributed by atoms with van der Waals surface area (Å²) in [4.78, 5) is 13.7. The monoisotopic (exact) mass is 239 g/mol. The normalized spacial score (nSPS) is 11.6. The summed E-state index contributed by atoms with van der Waals surface area (Å²) < 4.78 is 42.3. The molecule has 1 heterocycles. The van der Waals surface area contributed by atoms with E-state index < -0.39 is 18.8 Å². The Morgan fingerprint density at radius 1 is 1.62 bits per heavy atom. The number of rotatable bonds is 3. The van der Waals surface area contributed by atoms with Gasteiger partial charge in [0.2, 0.25) is 0 Å². The van der Waals surface area contributed by atoms with Gasteiger partial charge in [-0.3, -0.25) is 0 Å². The molecular weight excluding hydrogens is 229 g/mol. The summed E-state index contributed by atoms with van der Waals surface area (Å²) in [5.41, 5.74) is 0.497. The van der Waals surface area contributed by atoms with E-state index in [2.05, 4.69) is 9.68 Å². The lowest BCUT2D eigenvalue weighted by Crippen LogP contribution is -2.44. The predicted molar refractivity (Wildman–Crippen MR) is 44.2 cm³/mol. The van der Waals surface area contributed by atoms with Crippen LogP contribution < -0.4 is 4.68 Å². The fraction of sp³-hybridized carbons (Fsp3) is 0.500. The Balaban J connectivity index is 2.67. The van der Waals surface area contributed by atoms with Crippen LogP contribution in [0.25, 0.3) is 0 Å². The molecule has 0 aliphatic carbocycles. The summed E-state index contributed by atoms with van der Waals surface area (Å²) in [5, 5.41) is 0. The Hall–Kier alpha value is -1.57. The van der Waals surface area contributed by atoms with Gasteiger partial charge in [-0.1, -0.05) is 4.68 Å². The molecule has 1 aromatic heterocycles. The average molecular weight is 239 g/mol. The molecule has 0 atom stereocenters. The fourth-order valence-electron chi connectivity index (χ4n) is 1.10. The van der Waals surface area contributed by atoms with E-state index >= 15 is 0 Å². The molecule has 0 aliphatic heterocycles. The van der Waals surface area contributed by atoms with Gasteiger partial charge in [-0.05, 0) is 11.4 Å². The Morgan fingerprint density at radius 3 is 2.69 bits per heavy atom. The van der Waals surface area contributed by atoms with Crippen LogP contribution in [-0.2, 0) is 16.7 Å². The number of hydrogen-bond donors (Lipinski definition) is 0. The minimum atomic E-state index is -4.13. The van der Waals surface area contributed by atoms with E-state index in [0.29, 0.717) is 5.69 Å². The van der Waals surface area contributed by atoms with Crippen LogP contribution in [0.1, 0.15) is 5.69 Å². The van der Waals surface area contributed by atoms with Crippen LogP contribution in [0.3, 0.4) is 0 Å². The first-order valence-corrected chi connectivity index (χ1v) is 4.26. The molecule has 5 nitrogen and oxygen atoms in total. The van der Waals surface area contributed by atoms with Crippen molar-refractivity contribution in [1.29, 1.82) is 0 Å². The van der Waals surface area contributed by atoms with Gasteiger partial charge in [-0.15, -0.1) is 9.62 Å². The molecule has 1 aromatic rings. The molecule has 0 saturated heterocycles. The highest BCUT2D eigenvalue weighted by molar-refractivity contribution is 5.69. The first kappa shape index (κ1) is 12.5. The van der Waals surface area contributed by atoms with Crippen LogP contribution in [0.4, 0.5) is 18.1 Å². The second-order valence-corrected chi connectivity index (χ2v) is 3.11. The number of carbonyl (C=O) groups excluding carboxylic acids is 1. The van der Waals surface area contributed by atoms with Crippen molar-refractivity contribution in [3.8, 4) is 0 Å². The van der Waals surface area contributed by atoms with E-state index in [1.807, 2.05) is 0 Å². The molecule has 16 heavy (non-hydrogen) atoms. The lowest BCUT2D eigenvalue weighted by atomic mass is 10.5. The molecule has 0 aliphatic rings. The number of hydrogen-bond acceptors (Lipinski definition) is 3. The van der Waals surface area contributed by atoms with Gasteiger partial charge >= 0.3 is 12.2 Å². The summed E-state index contributed by atoms with van der Waals surface area (Å²) in [6, 6.07) is 1.59. The number of nitrogens with zero attached hydrogens (tertiary/aromatic N) is 2. The van der Waals surface area contributed by atoms with Crippen molar-refractivity contribution in [3.63, 3.8) is 0 Å². The van der Waals surface area contributed by atoms with Crippen molar-refractivity contribution in [3.05, 3.63) is 18.0 Å². The van der Waals surface area contributed by atoms with Gasteiger partial charge in [0.15, 0.2) is 19.9 Å². The van der Waals surface area contributed by atoms with Crippen molar-refractivity contribution in [2.45, 2.75) is 13.0 Å². The predicted octanol–water partition coefficient (Wildman–Crippen LogP) is 1.10. The zero-order chi connectivity index (χ0) is 12.3. The van der Waals surface area contributed by atoms with Crippen LogP contribution in [0.5, 0.6) is 0 Å². The fourth-order valence-corrected chi connectivity index (χ4v) is 1.10. The molecule has 1 rings (SSSR count). The second-order valence-electron chi connectivity index (χ2n) is 3.11. The first-order chi connectivity index (χ1) is 7.37. The summed E-state index contributed by atoms with van der Waals surface area (Å²) in [6.07, 6.45) is -3.63. The highest BCUT2D eigenvalue weighted by atomic mass is 19.4. The lowest BCUT2D eigenvalue weighted by molar-refractivity contribution is -0.743. The number of halogens is 3. The molecular formula is C8H10F3N2O3+. The third kappa shape index (κ3) is 2.72.